The van der Waals surface area contributed by atoms with Crippen LogP contribution in [0.1, 0.15) is 187 Å². The van der Waals surface area contributed by atoms with Crippen LogP contribution in [0.5, 0.6) is 0 Å². The summed E-state index contributed by atoms with van der Waals surface area (Å²) in [6, 6.07) is 0. The van der Waals surface area contributed by atoms with Crippen molar-refractivity contribution in [1.29, 1.82) is 0 Å². The van der Waals surface area contributed by atoms with Gasteiger partial charge in [-0.2, -0.15) is 0 Å². The third-order valence-corrected chi connectivity index (χ3v) is 8.37. The van der Waals surface area contributed by atoms with Gasteiger partial charge in [0.1, 0.15) is 11.9 Å². The Bertz CT molecular complexity index is 739. The molecule has 0 saturated carbocycles. The van der Waals surface area contributed by atoms with Crippen LogP contribution in [-0.4, -0.2) is 43.4 Å². The van der Waals surface area contributed by atoms with Crippen molar-refractivity contribution in [2.45, 2.75) is 193 Å². The quantitative estimate of drug-likeness (QED) is 0.0403. The Morgan fingerprint density at radius 2 is 0.933 bits per heavy atom. The molecule has 0 spiro atoms. The van der Waals surface area contributed by atoms with Crippen LogP contribution in [0.2, 0.25) is 0 Å². The molecule has 0 aromatic rings. The van der Waals surface area contributed by atoms with E-state index < -0.39 is 0 Å². The van der Waals surface area contributed by atoms with Crippen molar-refractivity contribution in [1.82, 2.24) is 4.90 Å². The molecule has 0 aliphatic rings. The van der Waals surface area contributed by atoms with Crippen LogP contribution in [0.15, 0.2) is 36.5 Å². The summed E-state index contributed by atoms with van der Waals surface area (Å²) >= 11 is 0. The largest absolute Gasteiger partial charge is 0.461 e. The molecule has 0 fully saturated rings. The molecule has 45 heavy (non-hydrogen) atoms. The van der Waals surface area contributed by atoms with E-state index in [9.17, 15) is 9.59 Å². The highest BCUT2D eigenvalue weighted by atomic mass is 16.5. The van der Waals surface area contributed by atoms with Crippen LogP contribution in [0, 0.1) is 0 Å². The van der Waals surface area contributed by atoms with Gasteiger partial charge in [0.05, 0.1) is 0 Å². The van der Waals surface area contributed by atoms with Gasteiger partial charge in [0.15, 0.2) is 0 Å². The molecule has 0 N–H and O–H groups in total. The maximum absolute atomic E-state index is 12.6. The number of likely N-dealkylation sites (N-methyl/N-ethyl adjacent to an activating group) is 1. The molecule has 0 heterocycles. The van der Waals surface area contributed by atoms with Crippen LogP contribution >= 0.6 is 0 Å². The number of esters is 1. The van der Waals surface area contributed by atoms with Gasteiger partial charge in [-0.05, 0) is 84.7 Å². The molecular formula is C41H75NO3. The SMILES string of the molecule is CCCCC/C=C\C/C=C\CCCCCCCC(=O)OC(CC(=O)CCCCCCC/C=C\CCCCCCCC)CN(C)C. The van der Waals surface area contributed by atoms with Gasteiger partial charge in [-0.3, -0.25) is 9.59 Å². The van der Waals surface area contributed by atoms with Crippen molar-refractivity contribution in [3.05, 3.63) is 36.5 Å². The lowest BCUT2D eigenvalue weighted by atomic mass is 10.0. The summed E-state index contributed by atoms with van der Waals surface area (Å²) in [7, 11) is 3.94. The van der Waals surface area contributed by atoms with E-state index in [1.165, 1.54) is 109 Å². The zero-order valence-electron chi connectivity index (χ0n) is 30.5. The number of carbonyl (C=O) groups is 2. The summed E-state index contributed by atoms with van der Waals surface area (Å²) in [4.78, 5) is 27.1. The van der Waals surface area contributed by atoms with Gasteiger partial charge < -0.3 is 9.64 Å². The summed E-state index contributed by atoms with van der Waals surface area (Å²) in [6.07, 6.45) is 44.2. The number of nitrogens with zero attached hydrogens (tertiary/aromatic N) is 1. The van der Waals surface area contributed by atoms with Gasteiger partial charge >= 0.3 is 5.97 Å². The summed E-state index contributed by atoms with van der Waals surface area (Å²) in [5, 5.41) is 0. The van der Waals surface area contributed by atoms with Gasteiger partial charge in [0.25, 0.3) is 0 Å². The number of hydrogen-bond donors (Lipinski definition) is 0. The Balaban J connectivity index is 3.84. The Labute approximate surface area is 280 Å². The van der Waals surface area contributed by atoms with E-state index in [4.69, 9.17) is 4.74 Å². The smallest absolute Gasteiger partial charge is 0.306 e. The molecule has 0 rings (SSSR count). The van der Waals surface area contributed by atoms with E-state index in [0.717, 1.165) is 44.9 Å². The number of carbonyl (C=O) groups excluding carboxylic acids is 2. The van der Waals surface area contributed by atoms with Crippen LogP contribution in [-0.2, 0) is 14.3 Å². The molecule has 262 valence electrons. The average molecular weight is 630 g/mol. The highest BCUT2D eigenvalue weighted by molar-refractivity contribution is 5.79. The lowest BCUT2D eigenvalue weighted by Gasteiger charge is -2.21. The van der Waals surface area contributed by atoms with E-state index in [1.807, 2.05) is 19.0 Å². The average Bonchev–Trinajstić information content (AvgIpc) is 3.00. The van der Waals surface area contributed by atoms with E-state index in [1.54, 1.807) is 0 Å². The normalized spacial score (nSPS) is 12.7. The Morgan fingerprint density at radius 1 is 0.533 bits per heavy atom. The van der Waals surface area contributed by atoms with Gasteiger partial charge in [0.2, 0.25) is 0 Å². The lowest BCUT2D eigenvalue weighted by Crippen LogP contribution is -2.32. The second-order valence-corrected chi connectivity index (χ2v) is 13.4. The van der Waals surface area contributed by atoms with Crippen molar-refractivity contribution in [3.8, 4) is 0 Å². The van der Waals surface area contributed by atoms with Crippen molar-refractivity contribution < 1.29 is 14.3 Å². The van der Waals surface area contributed by atoms with Crippen LogP contribution in [0.4, 0.5) is 0 Å². The fourth-order valence-electron chi connectivity index (χ4n) is 5.63. The minimum atomic E-state index is -0.332. The molecule has 0 bridgehead atoms. The van der Waals surface area contributed by atoms with Gasteiger partial charge in [-0.25, -0.2) is 0 Å². The number of Topliss-reactive ketones (excluding diaryl/α,β-unsaturated/α-hetero) is 1. The number of hydrogen-bond acceptors (Lipinski definition) is 4. The monoisotopic (exact) mass is 630 g/mol. The second kappa shape index (κ2) is 35.2. The first-order chi connectivity index (χ1) is 22.0. The lowest BCUT2D eigenvalue weighted by molar-refractivity contribution is -0.151. The molecule has 1 unspecified atom stereocenters. The molecule has 1 atom stereocenters. The van der Waals surface area contributed by atoms with Gasteiger partial charge in [0, 0.05) is 25.8 Å². The fourth-order valence-corrected chi connectivity index (χ4v) is 5.63. The molecule has 0 aromatic carbocycles. The first kappa shape index (κ1) is 43.3. The van der Waals surface area contributed by atoms with E-state index >= 15 is 0 Å². The number of ether oxygens (including phenoxy) is 1. The van der Waals surface area contributed by atoms with E-state index in [-0.39, 0.29) is 17.9 Å². The molecule has 0 radical (unpaired) electrons. The third kappa shape index (κ3) is 35.0. The summed E-state index contributed by atoms with van der Waals surface area (Å²) in [5.74, 6) is 0.0747. The van der Waals surface area contributed by atoms with Crippen molar-refractivity contribution in [2.24, 2.45) is 0 Å². The number of allylic oxidation sites excluding steroid dienone is 6. The Kier molecular flexibility index (Phi) is 33.9. The zero-order chi connectivity index (χ0) is 33.1. The minimum Gasteiger partial charge on any atom is -0.461 e. The van der Waals surface area contributed by atoms with Crippen LogP contribution < -0.4 is 0 Å². The number of rotatable bonds is 34. The van der Waals surface area contributed by atoms with Crippen molar-refractivity contribution >= 4 is 11.8 Å². The standard InChI is InChI=1S/C41H75NO3/c1-5-7-9-11-13-15-17-19-21-23-25-27-29-31-33-35-39(43)37-40(38-42(3)4)45-41(44)36-34-32-30-28-26-24-22-20-18-16-14-12-10-8-6-2/h14,16,19-22,40H,5-13,15,17-18,23-38H2,1-4H3/b16-14-,21-19-,22-20-. The first-order valence-electron chi connectivity index (χ1n) is 19.3. The third-order valence-electron chi connectivity index (χ3n) is 8.37. The highest BCUT2D eigenvalue weighted by Crippen LogP contribution is 2.14. The minimum absolute atomic E-state index is 0.152. The number of unbranched alkanes of at least 4 members (excludes halogenated alkanes) is 19. The second-order valence-electron chi connectivity index (χ2n) is 13.4. The summed E-state index contributed by atoms with van der Waals surface area (Å²) in [5.41, 5.74) is 0. The maximum atomic E-state index is 12.6. The predicted molar refractivity (Wildman–Crippen MR) is 197 cm³/mol. The first-order valence-corrected chi connectivity index (χ1v) is 19.3. The Hall–Kier alpha value is -1.68. The molecule has 0 aliphatic carbocycles. The van der Waals surface area contributed by atoms with Gasteiger partial charge in [-0.15, -0.1) is 0 Å². The summed E-state index contributed by atoms with van der Waals surface area (Å²) < 4.78 is 5.76. The van der Waals surface area contributed by atoms with Crippen molar-refractivity contribution in [3.63, 3.8) is 0 Å². The van der Waals surface area contributed by atoms with Crippen molar-refractivity contribution in [2.75, 3.05) is 20.6 Å². The molecule has 0 amide bonds. The topological polar surface area (TPSA) is 46.6 Å². The zero-order valence-corrected chi connectivity index (χ0v) is 30.5. The van der Waals surface area contributed by atoms with Crippen LogP contribution in [0.3, 0.4) is 0 Å². The summed E-state index contributed by atoms with van der Waals surface area (Å²) in [6.45, 7) is 5.12. The number of ketones is 1. The van der Waals surface area contributed by atoms with Gasteiger partial charge in [-0.1, -0.05) is 134 Å². The maximum Gasteiger partial charge on any atom is 0.306 e. The Morgan fingerprint density at radius 3 is 1.44 bits per heavy atom. The van der Waals surface area contributed by atoms with E-state index in [2.05, 4.69) is 50.3 Å². The fraction of sp³-hybridized carbons (Fsp3) is 0.805. The molecular weight excluding hydrogens is 554 g/mol. The molecule has 4 nitrogen and oxygen atoms in total. The highest BCUT2D eigenvalue weighted by Gasteiger charge is 2.19. The molecule has 4 heteroatoms. The molecule has 0 aromatic heterocycles. The van der Waals surface area contributed by atoms with Crippen LogP contribution in [0.25, 0.3) is 0 Å². The predicted octanol–water partition coefficient (Wildman–Crippen LogP) is 12.3. The molecule has 0 saturated heterocycles. The molecule has 0 aliphatic heterocycles. The van der Waals surface area contributed by atoms with E-state index in [0.29, 0.717) is 25.8 Å².